The molecule has 2 amide bonds. The summed E-state index contributed by atoms with van der Waals surface area (Å²) in [7, 11) is -2.24. The molecule has 0 aromatic heterocycles. The number of anilines is 1. The Morgan fingerprint density at radius 2 is 1.88 bits per heavy atom. The number of aliphatic carboxylic acids is 1. The van der Waals surface area contributed by atoms with Crippen molar-refractivity contribution < 1.29 is 19.5 Å². The van der Waals surface area contributed by atoms with Crippen molar-refractivity contribution in [1.82, 2.24) is 4.90 Å². The quantitative estimate of drug-likeness (QED) is 0.360. The minimum absolute atomic E-state index is 0.0267. The molecule has 1 aliphatic carbocycles. The first kappa shape index (κ1) is 28.4. The molecule has 0 spiro atoms. The topological polar surface area (TPSA) is 139 Å². The highest BCUT2D eigenvalue weighted by molar-refractivity contribution is 6.98. The number of carboxylic acids is 1. The van der Waals surface area contributed by atoms with Crippen molar-refractivity contribution in [2.24, 2.45) is 10.7 Å². The van der Waals surface area contributed by atoms with Gasteiger partial charge in [0.15, 0.2) is 0 Å². The van der Waals surface area contributed by atoms with Gasteiger partial charge in [-0.25, -0.2) is 4.99 Å². The van der Waals surface area contributed by atoms with Crippen LogP contribution in [0.25, 0.3) is 5.57 Å². The SMILES string of the molecule is Cc1ccccc1C1=C2C=CC(=NC(=O)C3CCCN3C(=O)[C@@H](N)CCC(=O)O)C=C2[Si](C)(C)c2cc(N)ccc21. The van der Waals surface area contributed by atoms with Gasteiger partial charge in [-0.15, -0.1) is 0 Å². The van der Waals surface area contributed by atoms with Gasteiger partial charge < -0.3 is 21.5 Å². The lowest BCUT2D eigenvalue weighted by Gasteiger charge is -2.38. The third-order valence-corrected chi connectivity index (χ3v) is 11.9. The van der Waals surface area contributed by atoms with E-state index < -0.39 is 32.0 Å². The van der Waals surface area contributed by atoms with Crippen LogP contribution in [0.2, 0.25) is 13.1 Å². The largest absolute Gasteiger partial charge is 0.481 e. The minimum atomic E-state index is -2.24. The van der Waals surface area contributed by atoms with Crippen LogP contribution in [-0.2, 0) is 14.4 Å². The average Bonchev–Trinajstić information content (AvgIpc) is 3.43. The number of amides is 2. The smallest absolute Gasteiger partial charge is 0.303 e. The van der Waals surface area contributed by atoms with Gasteiger partial charge >= 0.3 is 5.97 Å². The van der Waals surface area contributed by atoms with Crippen molar-refractivity contribution in [3.63, 3.8) is 0 Å². The standard InChI is InChI=1S/C32H36N4O4Si/c1-19-7-4-5-8-22(19)30-23-12-10-20(33)17-27(23)41(2,3)28-18-21(11-13-24(28)30)35-31(39)26-9-6-16-36(26)32(40)25(34)14-15-29(37)38/h4-5,7-8,10-13,17-18,25-26H,6,9,14-16,33-34H2,1-3H3,(H,37,38)/t25-,26?/m0/s1. The molecule has 5 N–H and O–H groups in total. The second kappa shape index (κ2) is 11.1. The second-order valence-electron chi connectivity index (χ2n) is 11.5. The first-order valence-corrected chi connectivity index (χ1v) is 17.0. The first-order valence-electron chi connectivity index (χ1n) is 14.0. The summed E-state index contributed by atoms with van der Waals surface area (Å²) in [5.74, 6) is -1.79. The summed E-state index contributed by atoms with van der Waals surface area (Å²) in [6.07, 6.45) is 6.97. The lowest BCUT2D eigenvalue weighted by atomic mass is 9.87. The van der Waals surface area contributed by atoms with Crippen molar-refractivity contribution in [1.29, 1.82) is 0 Å². The third kappa shape index (κ3) is 5.35. The fraction of sp³-hybridized carbons (Fsp3) is 0.312. The molecule has 0 bridgehead atoms. The predicted molar refractivity (Wildman–Crippen MR) is 164 cm³/mol. The van der Waals surface area contributed by atoms with E-state index in [0.717, 1.165) is 22.4 Å². The molecule has 1 saturated heterocycles. The lowest BCUT2D eigenvalue weighted by molar-refractivity contribution is -0.139. The molecule has 2 aromatic rings. The first-order chi connectivity index (χ1) is 19.5. The Balaban J connectivity index is 1.52. The van der Waals surface area contributed by atoms with Gasteiger partial charge in [0, 0.05) is 18.7 Å². The molecular weight excluding hydrogens is 532 g/mol. The average molecular weight is 569 g/mol. The number of nitrogens with two attached hydrogens (primary N) is 2. The van der Waals surface area contributed by atoms with E-state index in [0.29, 0.717) is 25.1 Å². The minimum Gasteiger partial charge on any atom is -0.481 e. The number of hydrogen-bond acceptors (Lipinski definition) is 5. The van der Waals surface area contributed by atoms with Gasteiger partial charge in [-0.1, -0.05) is 49.5 Å². The number of hydrogen-bond donors (Lipinski definition) is 3. The highest BCUT2D eigenvalue weighted by atomic mass is 28.3. The molecule has 1 unspecified atom stereocenters. The summed E-state index contributed by atoms with van der Waals surface area (Å²) < 4.78 is 0. The van der Waals surface area contributed by atoms with Crippen LogP contribution in [0.15, 0.2) is 76.5 Å². The van der Waals surface area contributed by atoms with Crippen LogP contribution < -0.4 is 16.7 Å². The summed E-state index contributed by atoms with van der Waals surface area (Å²) in [6, 6.07) is 12.9. The Morgan fingerprint density at radius 1 is 1.12 bits per heavy atom. The van der Waals surface area contributed by atoms with Crippen molar-refractivity contribution >= 4 is 48.0 Å². The van der Waals surface area contributed by atoms with Crippen molar-refractivity contribution in [2.75, 3.05) is 12.3 Å². The number of aliphatic imine (C=N–C) groups is 1. The fourth-order valence-corrected chi connectivity index (χ4v) is 9.26. The summed E-state index contributed by atoms with van der Waals surface area (Å²) in [5, 5.41) is 11.4. The summed E-state index contributed by atoms with van der Waals surface area (Å²) >= 11 is 0. The number of aryl methyl sites for hydroxylation is 1. The summed E-state index contributed by atoms with van der Waals surface area (Å²) in [6.45, 7) is 7.10. The van der Waals surface area contributed by atoms with Crippen LogP contribution in [0.3, 0.4) is 0 Å². The number of nitrogens with zero attached hydrogens (tertiary/aromatic N) is 2. The van der Waals surface area contributed by atoms with Crippen LogP contribution >= 0.6 is 0 Å². The molecular formula is C32H36N4O4Si. The van der Waals surface area contributed by atoms with Gasteiger partial charge in [-0.2, -0.15) is 0 Å². The number of allylic oxidation sites excluding steroid dienone is 5. The molecule has 1 fully saturated rings. The van der Waals surface area contributed by atoms with Crippen LogP contribution in [-0.4, -0.2) is 60.2 Å². The van der Waals surface area contributed by atoms with E-state index >= 15 is 0 Å². The third-order valence-electron chi connectivity index (χ3n) is 8.39. The second-order valence-corrected chi connectivity index (χ2v) is 15.9. The van der Waals surface area contributed by atoms with Gasteiger partial charge in [-0.3, -0.25) is 14.4 Å². The molecule has 5 rings (SSSR count). The van der Waals surface area contributed by atoms with E-state index in [4.69, 9.17) is 16.6 Å². The van der Waals surface area contributed by atoms with Gasteiger partial charge in [-0.05, 0) is 88.7 Å². The molecule has 2 aliphatic heterocycles. The van der Waals surface area contributed by atoms with E-state index in [2.05, 4.69) is 55.4 Å². The molecule has 212 valence electrons. The van der Waals surface area contributed by atoms with E-state index in [1.54, 1.807) is 0 Å². The Labute approximate surface area is 241 Å². The van der Waals surface area contributed by atoms with Crippen LogP contribution in [0.4, 0.5) is 5.69 Å². The molecule has 8 nitrogen and oxygen atoms in total. The summed E-state index contributed by atoms with van der Waals surface area (Å²) in [5.41, 5.74) is 19.4. The van der Waals surface area contributed by atoms with Crippen molar-refractivity contribution in [3.05, 3.63) is 88.2 Å². The molecule has 2 aromatic carbocycles. The van der Waals surface area contributed by atoms with Crippen LogP contribution in [0, 0.1) is 6.92 Å². The molecule has 2 heterocycles. The maximum Gasteiger partial charge on any atom is 0.303 e. The lowest BCUT2D eigenvalue weighted by Crippen LogP contribution is -2.49. The normalized spacial score (nSPS) is 20.9. The Hall–Kier alpha value is -4.08. The zero-order valence-electron chi connectivity index (χ0n) is 23.7. The molecule has 9 heteroatoms. The van der Waals surface area contributed by atoms with Crippen molar-refractivity contribution in [3.8, 4) is 0 Å². The van der Waals surface area contributed by atoms with Crippen LogP contribution in [0.5, 0.6) is 0 Å². The number of likely N-dealkylation sites (tertiary alicyclic amines) is 1. The zero-order valence-corrected chi connectivity index (χ0v) is 24.7. The molecule has 0 saturated carbocycles. The van der Waals surface area contributed by atoms with Crippen molar-refractivity contribution in [2.45, 2.75) is 57.8 Å². The maximum absolute atomic E-state index is 13.4. The van der Waals surface area contributed by atoms with E-state index in [-0.39, 0.29) is 18.7 Å². The van der Waals surface area contributed by atoms with E-state index in [1.807, 2.05) is 30.4 Å². The summed E-state index contributed by atoms with van der Waals surface area (Å²) in [4.78, 5) is 43.2. The van der Waals surface area contributed by atoms with E-state index in [9.17, 15) is 14.4 Å². The Kier molecular flexibility index (Phi) is 7.67. The zero-order chi connectivity index (χ0) is 29.5. The number of benzene rings is 2. The van der Waals surface area contributed by atoms with Gasteiger partial charge in [0.05, 0.1) is 11.8 Å². The Morgan fingerprint density at radius 3 is 2.61 bits per heavy atom. The van der Waals surface area contributed by atoms with Crippen LogP contribution in [0.1, 0.15) is 42.4 Å². The van der Waals surface area contributed by atoms with E-state index in [1.165, 1.54) is 26.4 Å². The number of carbonyl (C=O) groups excluding carboxylic acids is 2. The number of rotatable bonds is 6. The molecule has 41 heavy (non-hydrogen) atoms. The predicted octanol–water partition coefficient (Wildman–Crippen LogP) is 3.49. The maximum atomic E-state index is 13.4. The number of nitrogen functional groups attached to an aromatic ring is 1. The molecule has 0 radical (unpaired) electrons. The van der Waals surface area contributed by atoms with Gasteiger partial charge in [0.1, 0.15) is 14.1 Å². The molecule has 3 aliphatic rings. The number of fused-ring (bicyclic) bond motifs is 2. The van der Waals surface area contributed by atoms with Gasteiger partial charge in [0.2, 0.25) is 5.91 Å². The fourth-order valence-electron chi connectivity index (χ4n) is 6.17. The highest BCUT2D eigenvalue weighted by Crippen LogP contribution is 2.42. The number of carbonyl (C=O) groups is 3. The van der Waals surface area contributed by atoms with Gasteiger partial charge in [0.25, 0.3) is 5.91 Å². The Bertz CT molecular complexity index is 1570. The highest BCUT2D eigenvalue weighted by Gasteiger charge is 2.40. The molecule has 2 atom stereocenters. The number of carboxylic acid groups (broad SMARTS) is 1. The monoisotopic (exact) mass is 568 g/mol.